The molecule has 1 atom stereocenters. The van der Waals surface area contributed by atoms with Crippen LogP contribution in [0.25, 0.3) is 0 Å². The molecule has 1 saturated heterocycles. The molecule has 1 N–H and O–H groups in total. The lowest BCUT2D eigenvalue weighted by atomic mass is 10.0. The Morgan fingerprint density at radius 3 is 3.00 bits per heavy atom. The average Bonchev–Trinajstić information content (AvgIpc) is 3.28. The van der Waals surface area contributed by atoms with Crippen molar-refractivity contribution in [3.8, 4) is 0 Å². The standard InChI is InChI=1S/C16H19ClN4O.ClH/c17-13-3-1-2-12(8-13)14-9-18-6-7-21(14)10-15-19-16(20-22-15)11-4-5-11;/h1-3,8,11,14,18H,4-7,9-10H2;1H. The van der Waals surface area contributed by atoms with E-state index in [1.807, 2.05) is 18.2 Å². The predicted octanol–water partition coefficient (Wildman–Crippen LogP) is 3.17. The first-order valence-corrected chi connectivity index (χ1v) is 8.20. The van der Waals surface area contributed by atoms with E-state index in [0.29, 0.717) is 12.5 Å². The van der Waals surface area contributed by atoms with Gasteiger partial charge in [-0.2, -0.15) is 4.98 Å². The molecule has 1 aromatic heterocycles. The third-order valence-corrected chi connectivity index (χ3v) is 4.59. The maximum absolute atomic E-state index is 6.14. The summed E-state index contributed by atoms with van der Waals surface area (Å²) in [5, 5.41) is 8.33. The quantitative estimate of drug-likeness (QED) is 0.913. The summed E-state index contributed by atoms with van der Waals surface area (Å²) in [7, 11) is 0. The number of rotatable bonds is 4. The first-order chi connectivity index (χ1) is 10.8. The van der Waals surface area contributed by atoms with Gasteiger partial charge in [0.2, 0.25) is 5.89 Å². The summed E-state index contributed by atoms with van der Waals surface area (Å²) in [6, 6.07) is 8.35. The molecule has 1 aromatic carbocycles. The Labute approximate surface area is 146 Å². The van der Waals surface area contributed by atoms with E-state index >= 15 is 0 Å². The average molecular weight is 355 g/mol. The molecule has 2 heterocycles. The summed E-state index contributed by atoms with van der Waals surface area (Å²) in [4.78, 5) is 6.93. The number of piperazine rings is 1. The van der Waals surface area contributed by atoms with Gasteiger partial charge in [0.25, 0.3) is 0 Å². The van der Waals surface area contributed by atoms with Crippen LogP contribution in [-0.2, 0) is 6.54 Å². The van der Waals surface area contributed by atoms with Gasteiger partial charge in [0.15, 0.2) is 5.82 Å². The van der Waals surface area contributed by atoms with Gasteiger partial charge in [0.05, 0.1) is 6.54 Å². The fraction of sp³-hybridized carbons (Fsp3) is 0.500. The maximum atomic E-state index is 6.14. The van der Waals surface area contributed by atoms with Gasteiger partial charge in [-0.3, -0.25) is 4.90 Å². The van der Waals surface area contributed by atoms with Gasteiger partial charge >= 0.3 is 0 Å². The van der Waals surface area contributed by atoms with Crippen LogP contribution < -0.4 is 5.32 Å². The molecule has 1 aliphatic heterocycles. The fourth-order valence-corrected chi connectivity index (χ4v) is 3.19. The summed E-state index contributed by atoms with van der Waals surface area (Å²) < 4.78 is 5.43. The van der Waals surface area contributed by atoms with Gasteiger partial charge in [-0.1, -0.05) is 28.9 Å². The van der Waals surface area contributed by atoms with Gasteiger partial charge in [0.1, 0.15) is 0 Å². The van der Waals surface area contributed by atoms with E-state index in [-0.39, 0.29) is 18.4 Å². The van der Waals surface area contributed by atoms with Crippen molar-refractivity contribution >= 4 is 24.0 Å². The lowest BCUT2D eigenvalue weighted by Gasteiger charge is -2.35. The number of benzene rings is 1. The van der Waals surface area contributed by atoms with Crippen molar-refractivity contribution in [2.24, 2.45) is 0 Å². The summed E-state index contributed by atoms with van der Waals surface area (Å²) >= 11 is 6.14. The third kappa shape index (κ3) is 3.86. The molecule has 5 nitrogen and oxygen atoms in total. The van der Waals surface area contributed by atoms with Crippen molar-refractivity contribution in [1.82, 2.24) is 20.4 Å². The van der Waals surface area contributed by atoms with Crippen molar-refractivity contribution in [2.75, 3.05) is 19.6 Å². The largest absolute Gasteiger partial charge is 0.338 e. The lowest BCUT2D eigenvalue weighted by Crippen LogP contribution is -2.45. The van der Waals surface area contributed by atoms with Gasteiger partial charge in [-0.05, 0) is 30.5 Å². The second-order valence-corrected chi connectivity index (χ2v) is 6.50. The van der Waals surface area contributed by atoms with Crippen LogP contribution in [0, 0.1) is 0 Å². The number of hydrogen-bond acceptors (Lipinski definition) is 5. The Balaban J connectivity index is 0.00000156. The molecular weight excluding hydrogens is 335 g/mol. The molecule has 0 spiro atoms. The highest BCUT2D eigenvalue weighted by Gasteiger charge is 2.30. The van der Waals surface area contributed by atoms with E-state index in [4.69, 9.17) is 16.1 Å². The molecule has 1 unspecified atom stereocenters. The van der Waals surface area contributed by atoms with Crippen LogP contribution >= 0.6 is 24.0 Å². The second-order valence-electron chi connectivity index (χ2n) is 6.07. The first kappa shape index (κ1) is 16.7. The zero-order valence-electron chi connectivity index (χ0n) is 12.7. The normalized spacial score (nSPS) is 21.9. The van der Waals surface area contributed by atoms with Crippen molar-refractivity contribution in [2.45, 2.75) is 31.3 Å². The van der Waals surface area contributed by atoms with E-state index < -0.39 is 0 Å². The zero-order chi connectivity index (χ0) is 14.9. The molecule has 23 heavy (non-hydrogen) atoms. The highest BCUT2D eigenvalue weighted by Crippen LogP contribution is 2.38. The SMILES string of the molecule is Cl.Clc1cccc(C2CNCCN2Cc2nc(C3CC3)no2)c1. The molecular formula is C16H20Cl2N4O. The van der Waals surface area contributed by atoms with Crippen LogP contribution in [0.3, 0.4) is 0 Å². The molecule has 1 aliphatic carbocycles. The summed E-state index contributed by atoms with van der Waals surface area (Å²) in [6.07, 6.45) is 2.38. The molecule has 0 radical (unpaired) electrons. The van der Waals surface area contributed by atoms with Crippen LogP contribution in [0.5, 0.6) is 0 Å². The molecule has 0 amide bonds. The molecule has 4 rings (SSSR count). The van der Waals surface area contributed by atoms with Gasteiger partial charge < -0.3 is 9.84 Å². The second kappa shape index (κ2) is 7.18. The number of nitrogens with one attached hydrogen (secondary N) is 1. The molecule has 2 aliphatic rings. The van der Waals surface area contributed by atoms with Crippen LogP contribution in [0.4, 0.5) is 0 Å². The molecule has 124 valence electrons. The molecule has 1 saturated carbocycles. The Bertz CT molecular complexity index is 659. The molecule has 2 fully saturated rings. The maximum Gasteiger partial charge on any atom is 0.240 e. The Kier molecular flexibility index (Phi) is 5.21. The zero-order valence-corrected chi connectivity index (χ0v) is 14.3. The number of nitrogens with zero attached hydrogens (tertiary/aromatic N) is 3. The van der Waals surface area contributed by atoms with Crippen LogP contribution in [0.15, 0.2) is 28.8 Å². The lowest BCUT2D eigenvalue weighted by molar-refractivity contribution is 0.135. The Morgan fingerprint density at radius 2 is 2.22 bits per heavy atom. The van der Waals surface area contributed by atoms with E-state index in [2.05, 4.69) is 26.4 Å². The van der Waals surface area contributed by atoms with Crippen molar-refractivity contribution < 1.29 is 4.52 Å². The molecule has 7 heteroatoms. The fourth-order valence-electron chi connectivity index (χ4n) is 2.99. The van der Waals surface area contributed by atoms with E-state index in [1.165, 1.54) is 18.4 Å². The van der Waals surface area contributed by atoms with Crippen LogP contribution in [0.1, 0.15) is 42.1 Å². The van der Waals surface area contributed by atoms with Crippen molar-refractivity contribution in [3.05, 3.63) is 46.6 Å². The topological polar surface area (TPSA) is 54.2 Å². The highest BCUT2D eigenvalue weighted by molar-refractivity contribution is 6.30. The predicted molar refractivity (Wildman–Crippen MR) is 91.0 cm³/mol. The minimum atomic E-state index is 0. The first-order valence-electron chi connectivity index (χ1n) is 7.82. The number of aromatic nitrogens is 2. The van der Waals surface area contributed by atoms with Gasteiger partial charge in [0, 0.05) is 36.6 Å². The Morgan fingerprint density at radius 1 is 1.35 bits per heavy atom. The third-order valence-electron chi connectivity index (χ3n) is 4.35. The smallest absolute Gasteiger partial charge is 0.240 e. The van der Waals surface area contributed by atoms with Crippen molar-refractivity contribution in [1.29, 1.82) is 0 Å². The van der Waals surface area contributed by atoms with E-state index in [1.54, 1.807) is 0 Å². The van der Waals surface area contributed by atoms with Crippen molar-refractivity contribution in [3.63, 3.8) is 0 Å². The highest BCUT2D eigenvalue weighted by atomic mass is 35.5. The molecule has 2 aromatic rings. The monoisotopic (exact) mass is 354 g/mol. The summed E-state index contributed by atoms with van der Waals surface area (Å²) in [5.41, 5.74) is 1.22. The van der Waals surface area contributed by atoms with Crippen LogP contribution in [-0.4, -0.2) is 34.7 Å². The van der Waals surface area contributed by atoms with Gasteiger partial charge in [-0.15, -0.1) is 12.4 Å². The Hall–Kier alpha value is -1.14. The van der Waals surface area contributed by atoms with Crippen LogP contribution in [0.2, 0.25) is 5.02 Å². The summed E-state index contributed by atoms with van der Waals surface area (Å²) in [6.45, 7) is 3.53. The van der Waals surface area contributed by atoms with E-state index in [0.717, 1.165) is 36.4 Å². The minimum absolute atomic E-state index is 0. The van der Waals surface area contributed by atoms with E-state index in [9.17, 15) is 0 Å². The number of halogens is 2. The number of hydrogen-bond donors (Lipinski definition) is 1. The van der Waals surface area contributed by atoms with Gasteiger partial charge in [-0.25, -0.2) is 0 Å². The minimum Gasteiger partial charge on any atom is -0.338 e. The summed E-state index contributed by atoms with van der Waals surface area (Å²) in [5.74, 6) is 2.13. The molecule has 0 bridgehead atoms.